The molecule has 0 spiro atoms. The summed E-state index contributed by atoms with van der Waals surface area (Å²) in [5.41, 5.74) is -0.261. The summed E-state index contributed by atoms with van der Waals surface area (Å²) >= 11 is 0. The highest BCUT2D eigenvalue weighted by Crippen LogP contribution is 2.32. The van der Waals surface area contributed by atoms with E-state index < -0.39 is 23.6 Å². The van der Waals surface area contributed by atoms with Crippen molar-refractivity contribution in [2.24, 2.45) is 0 Å². The molecule has 0 N–H and O–H groups in total. The second-order valence-corrected chi connectivity index (χ2v) is 4.32. The Hall–Kier alpha value is -2.03. The van der Waals surface area contributed by atoms with Gasteiger partial charge in [-0.2, -0.15) is 18.4 Å². The molecule has 0 aliphatic rings. The van der Waals surface area contributed by atoms with Gasteiger partial charge in [0.1, 0.15) is 0 Å². The number of rotatable bonds is 4. The first-order valence-electron chi connectivity index (χ1n) is 6.02. The number of nitrogens with zero attached hydrogens (tertiary/aromatic N) is 1. The second-order valence-electron chi connectivity index (χ2n) is 4.32. The van der Waals surface area contributed by atoms with Crippen LogP contribution in [0.2, 0.25) is 0 Å². The Kier molecular flexibility index (Phi) is 5.14. The number of hydrogen-bond acceptors (Lipinski definition) is 3. The van der Waals surface area contributed by atoms with Crippen LogP contribution in [0.4, 0.5) is 13.2 Å². The molecule has 1 unspecified atom stereocenters. The van der Waals surface area contributed by atoms with Gasteiger partial charge in [-0.3, -0.25) is 4.79 Å². The lowest BCUT2D eigenvalue weighted by atomic mass is 9.93. The number of hydrogen-bond donors (Lipinski definition) is 0. The van der Waals surface area contributed by atoms with Gasteiger partial charge in [0.2, 0.25) is 0 Å². The summed E-state index contributed by atoms with van der Waals surface area (Å²) in [5, 5.41) is 9.04. The number of halogens is 3. The van der Waals surface area contributed by atoms with Gasteiger partial charge >= 0.3 is 12.1 Å². The molecule has 0 amide bonds. The molecule has 0 aliphatic carbocycles. The molecule has 0 radical (unpaired) electrons. The van der Waals surface area contributed by atoms with Gasteiger partial charge < -0.3 is 4.74 Å². The van der Waals surface area contributed by atoms with Crippen LogP contribution in [0, 0.1) is 18.3 Å². The van der Waals surface area contributed by atoms with Crippen LogP contribution in [0.3, 0.4) is 0 Å². The third kappa shape index (κ3) is 4.26. The highest BCUT2D eigenvalue weighted by molar-refractivity contribution is 5.71. The zero-order valence-corrected chi connectivity index (χ0v) is 11.1. The van der Waals surface area contributed by atoms with E-state index in [4.69, 9.17) is 10.00 Å². The van der Waals surface area contributed by atoms with Crippen molar-refractivity contribution in [2.45, 2.75) is 32.4 Å². The Labute approximate surface area is 115 Å². The molecular formula is C14H14F3NO2. The van der Waals surface area contributed by atoms with Crippen molar-refractivity contribution in [1.82, 2.24) is 0 Å². The maximum atomic E-state index is 12.7. The van der Waals surface area contributed by atoms with Crippen LogP contribution in [0.15, 0.2) is 18.2 Å². The maximum absolute atomic E-state index is 12.7. The minimum Gasteiger partial charge on any atom is -0.466 e. The van der Waals surface area contributed by atoms with Crippen LogP contribution in [0.5, 0.6) is 0 Å². The van der Waals surface area contributed by atoms with Gasteiger partial charge in [-0.05, 0) is 31.5 Å². The molecule has 0 heterocycles. The van der Waals surface area contributed by atoms with E-state index in [9.17, 15) is 18.0 Å². The first-order valence-corrected chi connectivity index (χ1v) is 6.02. The van der Waals surface area contributed by atoms with Gasteiger partial charge in [0, 0.05) is 0 Å². The van der Waals surface area contributed by atoms with E-state index >= 15 is 0 Å². The lowest BCUT2D eigenvalue weighted by molar-refractivity contribution is -0.143. The second kappa shape index (κ2) is 6.42. The van der Waals surface area contributed by atoms with Crippen LogP contribution in [0.1, 0.15) is 36.0 Å². The van der Waals surface area contributed by atoms with Crippen LogP contribution in [-0.2, 0) is 15.7 Å². The summed E-state index contributed by atoms with van der Waals surface area (Å²) in [6.07, 6.45) is -4.74. The first-order chi connectivity index (χ1) is 9.27. The summed E-state index contributed by atoms with van der Waals surface area (Å²) in [5.74, 6) is -1.55. The summed E-state index contributed by atoms with van der Waals surface area (Å²) in [4.78, 5) is 11.4. The smallest absolute Gasteiger partial charge is 0.416 e. The Bertz CT molecular complexity index is 532. The quantitative estimate of drug-likeness (QED) is 0.794. The number of alkyl halides is 3. The van der Waals surface area contributed by atoms with E-state index in [1.165, 1.54) is 13.0 Å². The third-order valence-corrected chi connectivity index (χ3v) is 2.66. The van der Waals surface area contributed by atoms with Crippen LogP contribution >= 0.6 is 0 Å². The molecule has 0 aromatic heterocycles. The topological polar surface area (TPSA) is 50.1 Å². The Morgan fingerprint density at radius 2 is 2.05 bits per heavy atom. The predicted octanol–water partition coefficient (Wildman–Crippen LogP) is 3.57. The average molecular weight is 285 g/mol. The molecule has 0 saturated carbocycles. The molecule has 0 aliphatic heterocycles. The van der Waals surface area contributed by atoms with Gasteiger partial charge in [-0.25, -0.2) is 0 Å². The van der Waals surface area contributed by atoms with Gasteiger partial charge in [0.25, 0.3) is 0 Å². The molecule has 6 heteroatoms. The fourth-order valence-electron chi connectivity index (χ4n) is 1.80. The fourth-order valence-corrected chi connectivity index (χ4v) is 1.80. The van der Waals surface area contributed by atoms with Crippen molar-refractivity contribution in [1.29, 1.82) is 5.26 Å². The molecule has 1 rings (SSSR count). The molecule has 20 heavy (non-hydrogen) atoms. The molecule has 0 saturated heterocycles. The largest absolute Gasteiger partial charge is 0.466 e. The molecule has 0 fully saturated rings. The monoisotopic (exact) mass is 285 g/mol. The number of benzene rings is 1. The maximum Gasteiger partial charge on any atom is 0.416 e. The summed E-state index contributed by atoms with van der Waals surface area (Å²) in [6, 6.07) is 5.23. The van der Waals surface area contributed by atoms with E-state index in [0.29, 0.717) is 5.56 Å². The first kappa shape index (κ1) is 16.0. The van der Waals surface area contributed by atoms with E-state index in [0.717, 1.165) is 12.1 Å². The van der Waals surface area contributed by atoms with E-state index in [-0.39, 0.29) is 18.6 Å². The number of aryl methyl sites for hydroxylation is 1. The van der Waals surface area contributed by atoms with E-state index in [2.05, 4.69) is 0 Å². The molecular weight excluding hydrogens is 271 g/mol. The average Bonchev–Trinajstić information content (AvgIpc) is 2.34. The van der Waals surface area contributed by atoms with Crippen molar-refractivity contribution >= 4 is 5.97 Å². The number of carbonyl (C=O) groups excluding carboxylic acids is 1. The van der Waals surface area contributed by atoms with Crippen LogP contribution in [-0.4, -0.2) is 12.6 Å². The standard InChI is InChI=1S/C14H14F3NO2/c1-3-20-13(19)7-11(8-18)10-4-9(2)5-12(6-10)14(15,16)17/h4-6,11H,3,7H2,1-2H3. The van der Waals surface area contributed by atoms with Crippen LogP contribution < -0.4 is 0 Å². The molecule has 0 bridgehead atoms. The van der Waals surface area contributed by atoms with Crippen molar-refractivity contribution in [3.63, 3.8) is 0 Å². The van der Waals surface area contributed by atoms with Crippen LogP contribution in [0.25, 0.3) is 0 Å². The zero-order valence-electron chi connectivity index (χ0n) is 11.1. The lowest BCUT2D eigenvalue weighted by Gasteiger charge is -2.13. The van der Waals surface area contributed by atoms with Gasteiger partial charge in [-0.1, -0.05) is 11.6 Å². The number of nitriles is 1. The predicted molar refractivity (Wildman–Crippen MR) is 65.8 cm³/mol. The Morgan fingerprint density at radius 3 is 2.55 bits per heavy atom. The lowest BCUT2D eigenvalue weighted by Crippen LogP contribution is -2.11. The molecule has 108 valence electrons. The fraction of sp³-hybridized carbons (Fsp3) is 0.429. The molecule has 3 nitrogen and oxygen atoms in total. The highest BCUT2D eigenvalue weighted by atomic mass is 19.4. The zero-order chi connectivity index (χ0) is 15.3. The molecule has 1 aromatic carbocycles. The number of esters is 1. The third-order valence-electron chi connectivity index (χ3n) is 2.66. The Balaban J connectivity index is 3.08. The molecule has 1 atom stereocenters. The number of ether oxygens (including phenoxy) is 1. The van der Waals surface area contributed by atoms with Crippen molar-refractivity contribution < 1.29 is 22.7 Å². The van der Waals surface area contributed by atoms with Gasteiger partial charge in [-0.15, -0.1) is 0 Å². The summed E-state index contributed by atoms with van der Waals surface area (Å²) < 4.78 is 42.9. The Morgan fingerprint density at radius 1 is 1.40 bits per heavy atom. The SMILES string of the molecule is CCOC(=O)CC(C#N)c1cc(C)cc(C(F)(F)F)c1. The summed E-state index contributed by atoms with van der Waals surface area (Å²) in [7, 11) is 0. The van der Waals surface area contributed by atoms with Crippen molar-refractivity contribution in [2.75, 3.05) is 6.61 Å². The normalized spacial score (nSPS) is 12.6. The van der Waals surface area contributed by atoms with Crippen molar-refractivity contribution in [3.8, 4) is 6.07 Å². The van der Waals surface area contributed by atoms with Gasteiger partial charge in [0.15, 0.2) is 0 Å². The van der Waals surface area contributed by atoms with E-state index in [1.807, 2.05) is 6.07 Å². The van der Waals surface area contributed by atoms with E-state index in [1.54, 1.807) is 6.92 Å². The minimum absolute atomic E-state index is 0.165. The van der Waals surface area contributed by atoms with Crippen molar-refractivity contribution in [3.05, 3.63) is 34.9 Å². The summed E-state index contributed by atoms with van der Waals surface area (Å²) in [6.45, 7) is 3.30. The van der Waals surface area contributed by atoms with Gasteiger partial charge in [0.05, 0.1) is 30.6 Å². The molecule has 1 aromatic rings. The highest BCUT2D eigenvalue weighted by Gasteiger charge is 2.31. The number of carbonyl (C=O) groups is 1. The minimum atomic E-state index is -4.48.